The van der Waals surface area contributed by atoms with Crippen molar-refractivity contribution < 1.29 is 38.1 Å². The van der Waals surface area contributed by atoms with Gasteiger partial charge in [-0.05, 0) is 42.8 Å². The van der Waals surface area contributed by atoms with Crippen LogP contribution in [-0.2, 0) is 23.7 Å². The number of hydrogen-bond donors (Lipinski definition) is 0. The summed E-state index contributed by atoms with van der Waals surface area (Å²) in [4.78, 5) is 38.8. The second-order valence-corrected chi connectivity index (χ2v) is 8.90. The smallest absolute Gasteiger partial charge is 0.338 e. The van der Waals surface area contributed by atoms with Crippen molar-refractivity contribution in [1.29, 1.82) is 0 Å². The van der Waals surface area contributed by atoms with Crippen LogP contribution in [0.15, 0.2) is 104 Å². The quantitative estimate of drug-likeness (QED) is 0.208. The summed E-state index contributed by atoms with van der Waals surface area (Å²) in [6, 6.07) is 25.5. The molecule has 1 aliphatic heterocycles. The van der Waals surface area contributed by atoms with Crippen LogP contribution >= 0.6 is 0 Å². The summed E-state index contributed by atoms with van der Waals surface area (Å²) in [5.74, 6) is -2.33. The molecule has 0 amide bonds. The molecule has 0 N–H and O–H groups in total. The molecule has 1 saturated heterocycles. The fourth-order valence-electron chi connectivity index (χ4n) is 4.42. The number of hydrogen-bond acceptors (Lipinski definition) is 8. The van der Waals surface area contributed by atoms with E-state index in [0.717, 1.165) is 0 Å². The van der Waals surface area contributed by atoms with Gasteiger partial charge in [0.05, 0.1) is 16.7 Å². The van der Waals surface area contributed by atoms with Gasteiger partial charge < -0.3 is 23.7 Å². The van der Waals surface area contributed by atoms with Crippen LogP contribution < -0.4 is 0 Å². The molecule has 3 aromatic carbocycles. The average Bonchev–Trinajstić information content (AvgIpc) is 2.99. The number of ether oxygens (including phenoxy) is 5. The highest BCUT2D eigenvalue weighted by atomic mass is 16.7. The second-order valence-electron chi connectivity index (χ2n) is 8.90. The summed E-state index contributed by atoms with van der Waals surface area (Å²) in [5.41, 5.74) is 1.04. The molecule has 8 heteroatoms. The van der Waals surface area contributed by atoms with E-state index in [1.54, 1.807) is 97.1 Å². The Kier molecular flexibility index (Phi) is 9.61. The van der Waals surface area contributed by atoms with Crippen molar-refractivity contribution in [2.75, 3.05) is 13.7 Å². The molecule has 5 atom stereocenters. The monoisotopic (exact) mass is 530 g/mol. The van der Waals surface area contributed by atoms with E-state index in [2.05, 4.69) is 6.58 Å². The summed E-state index contributed by atoms with van der Waals surface area (Å²) in [5, 5.41) is 0. The lowest BCUT2D eigenvalue weighted by atomic mass is 9.86. The van der Waals surface area contributed by atoms with E-state index in [-0.39, 0.29) is 6.61 Å². The van der Waals surface area contributed by atoms with Crippen LogP contribution in [-0.4, -0.2) is 56.2 Å². The van der Waals surface area contributed by atoms with Crippen LogP contribution in [0.2, 0.25) is 0 Å². The van der Waals surface area contributed by atoms with Crippen LogP contribution in [0, 0.1) is 5.92 Å². The maximum Gasteiger partial charge on any atom is 0.338 e. The van der Waals surface area contributed by atoms with Gasteiger partial charge in [0.1, 0.15) is 18.8 Å². The lowest BCUT2D eigenvalue weighted by Gasteiger charge is -2.44. The molecule has 0 aromatic heterocycles. The number of rotatable bonds is 10. The zero-order chi connectivity index (χ0) is 27.6. The lowest BCUT2D eigenvalue weighted by molar-refractivity contribution is -0.280. The van der Waals surface area contributed by atoms with E-state index in [1.165, 1.54) is 7.11 Å². The van der Waals surface area contributed by atoms with Gasteiger partial charge in [-0.1, -0.05) is 60.7 Å². The molecule has 1 aliphatic rings. The summed E-state index contributed by atoms with van der Waals surface area (Å²) in [6.45, 7) is 3.69. The molecule has 0 spiro atoms. The van der Waals surface area contributed by atoms with Crippen LogP contribution in [0.25, 0.3) is 0 Å². The van der Waals surface area contributed by atoms with Crippen LogP contribution in [0.1, 0.15) is 37.5 Å². The zero-order valence-corrected chi connectivity index (χ0v) is 21.5. The number of allylic oxidation sites excluding steroid dienone is 1. The SMILES string of the molecule is C=CCC1C(COC(=O)c2ccccc2)OC(OC)C(OC(=O)c2ccccc2)C1OC(=O)c1ccccc1. The first-order valence-corrected chi connectivity index (χ1v) is 12.5. The van der Waals surface area contributed by atoms with Crippen LogP contribution in [0.5, 0.6) is 0 Å². The maximum atomic E-state index is 13.2. The first kappa shape index (κ1) is 27.8. The number of carbonyl (C=O) groups excluding carboxylic acids is 3. The van der Waals surface area contributed by atoms with Gasteiger partial charge in [0.15, 0.2) is 12.4 Å². The maximum absolute atomic E-state index is 13.2. The molecule has 1 heterocycles. The Hall–Kier alpha value is -4.27. The van der Waals surface area contributed by atoms with E-state index in [0.29, 0.717) is 23.1 Å². The summed E-state index contributed by atoms with van der Waals surface area (Å²) >= 11 is 0. The molecule has 8 nitrogen and oxygen atoms in total. The number of methoxy groups -OCH3 is 1. The minimum atomic E-state index is -1.11. The summed E-state index contributed by atoms with van der Waals surface area (Å²) in [6.07, 6.45) is -2.00. The molecule has 0 aliphatic carbocycles. The Morgan fingerprint density at radius 2 is 1.21 bits per heavy atom. The van der Waals surface area contributed by atoms with Gasteiger partial charge in [0, 0.05) is 13.0 Å². The van der Waals surface area contributed by atoms with Crippen LogP contribution in [0.4, 0.5) is 0 Å². The molecule has 4 rings (SSSR count). The molecule has 202 valence electrons. The topological polar surface area (TPSA) is 97.4 Å². The molecule has 5 unspecified atom stereocenters. The Morgan fingerprint density at radius 3 is 1.67 bits per heavy atom. The third-order valence-corrected chi connectivity index (χ3v) is 6.37. The van der Waals surface area contributed by atoms with Crippen molar-refractivity contribution >= 4 is 17.9 Å². The van der Waals surface area contributed by atoms with Crippen molar-refractivity contribution in [1.82, 2.24) is 0 Å². The van der Waals surface area contributed by atoms with Gasteiger partial charge in [0.25, 0.3) is 0 Å². The predicted molar refractivity (Wildman–Crippen MR) is 142 cm³/mol. The third kappa shape index (κ3) is 6.98. The minimum absolute atomic E-state index is 0.148. The van der Waals surface area contributed by atoms with E-state index >= 15 is 0 Å². The second kappa shape index (κ2) is 13.5. The Morgan fingerprint density at radius 1 is 0.744 bits per heavy atom. The Balaban J connectivity index is 1.62. The standard InChI is InChI=1S/C31H30O8/c1-3-13-24-25(20-36-28(32)21-14-7-4-8-15-21)37-31(35-2)27(39-30(34)23-18-11-6-12-19-23)26(24)38-29(33)22-16-9-5-10-17-22/h3-12,14-19,24-27,31H,1,13,20H2,2H3. The van der Waals surface area contributed by atoms with Gasteiger partial charge in [-0.25, -0.2) is 14.4 Å². The van der Waals surface area contributed by atoms with Gasteiger partial charge in [-0.15, -0.1) is 6.58 Å². The molecule has 0 radical (unpaired) electrons. The fraction of sp³-hybridized carbons (Fsp3) is 0.258. The number of benzene rings is 3. The van der Waals surface area contributed by atoms with E-state index in [4.69, 9.17) is 23.7 Å². The van der Waals surface area contributed by atoms with Gasteiger partial charge in [0.2, 0.25) is 0 Å². The zero-order valence-electron chi connectivity index (χ0n) is 21.5. The normalized spacial score (nSPS) is 22.3. The highest BCUT2D eigenvalue weighted by Crippen LogP contribution is 2.35. The number of carbonyl (C=O) groups is 3. The Bertz CT molecular complexity index is 1250. The summed E-state index contributed by atoms with van der Waals surface area (Å²) < 4.78 is 29.1. The van der Waals surface area contributed by atoms with E-state index in [9.17, 15) is 14.4 Å². The van der Waals surface area contributed by atoms with Crippen molar-refractivity contribution in [2.45, 2.75) is 31.0 Å². The molecule has 39 heavy (non-hydrogen) atoms. The lowest BCUT2D eigenvalue weighted by Crippen LogP contribution is -2.59. The average molecular weight is 531 g/mol. The predicted octanol–water partition coefficient (Wildman–Crippen LogP) is 4.86. The first-order chi connectivity index (χ1) is 19.0. The molecule has 0 bridgehead atoms. The third-order valence-electron chi connectivity index (χ3n) is 6.37. The van der Waals surface area contributed by atoms with Crippen molar-refractivity contribution in [2.24, 2.45) is 5.92 Å². The largest absolute Gasteiger partial charge is 0.459 e. The van der Waals surface area contributed by atoms with Crippen LogP contribution in [0.3, 0.4) is 0 Å². The molecular formula is C31H30O8. The molecule has 0 saturated carbocycles. The van der Waals surface area contributed by atoms with Crippen molar-refractivity contribution in [3.05, 3.63) is 120 Å². The highest BCUT2D eigenvalue weighted by molar-refractivity contribution is 5.90. The first-order valence-electron chi connectivity index (χ1n) is 12.5. The Labute approximate surface area is 227 Å². The molecule has 3 aromatic rings. The fourth-order valence-corrected chi connectivity index (χ4v) is 4.42. The van der Waals surface area contributed by atoms with E-state index in [1.807, 2.05) is 0 Å². The van der Waals surface area contributed by atoms with E-state index < -0.39 is 48.4 Å². The van der Waals surface area contributed by atoms with Gasteiger partial charge >= 0.3 is 17.9 Å². The van der Waals surface area contributed by atoms with Crippen molar-refractivity contribution in [3.8, 4) is 0 Å². The molecular weight excluding hydrogens is 500 g/mol. The number of esters is 3. The minimum Gasteiger partial charge on any atom is -0.459 e. The highest BCUT2D eigenvalue weighted by Gasteiger charge is 2.50. The van der Waals surface area contributed by atoms with Gasteiger partial charge in [-0.2, -0.15) is 0 Å². The van der Waals surface area contributed by atoms with Gasteiger partial charge in [-0.3, -0.25) is 0 Å². The molecule has 1 fully saturated rings. The summed E-state index contributed by atoms with van der Waals surface area (Å²) in [7, 11) is 1.39. The van der Waals surface area contributed by atoms with Crippen molar-refractivity contribution in [3.63, 3.8) is 0 Å².